The summed E-state index contributed by atoms with van der Waals surface area (Å²) in [5.41, 5.74) is -0.534. The van der Waals surface area contributed by atoms with Gasteiger partial charge in [-0.15, -0.1) is 0 Å². The Balaban J connectivity index is 2.16. The highest BCUT2D eigenvalue weighted by atomic mass is 32.2. The Kier molecular flexibility index (Phi) is 5.29. The van der Waals surface area contributed by atoms with Gasteiger partial charge in [-0.25, -0.2) is 9.78 Å². The number of carbonyl (C=O) groups is 2. The fraction of sp³-hybridized carbons (Fsp3) is 0.500. The van der Waals surface area contributed by atoms with Crippen LogP contribution in [0.25, 0.3) is 0 Å². The van der Waals surface area contributed by atoms with Crippen LogP contribution in [0, 0.1) is 0 Å². The normalized spacial score (nSPS) is 14.5. The van der Waals surface area contributed by atoms with Crippen LogP contribution in [0.1, 0.15) is 16.8 Å². The Hall–Kier alpha value is -1.48. The molecule has 0 aliphatic carbocycles. The van der Waals surface area contributed by atoms with E-state index in [1.54, 1.807) is 0 Å². The zero-order valence-corrected chi connectivity index (χ0v) is 13.0. The highest BCUT2D eigenvalue weighted by Gasteiger charge is 2.24. The highest BCUT2D eigenvalue weighted by molar-refractivity contribution is 7.99. The quantitative estimate of drug-likeness (QED) is 0.723. The van der Waals surface area contributed by atoms with Crippen LogP contribution in [0.15, 0.2) is 16.1 Å². The van der Waals surface area contributed by atoms with E-state index in [4.69, 9.17) is 5.11 Å². The second-order valence-electron chi connectivity index (χ2n) is 4.41. The number of aromatic nitrogens is 2. The number of nitrogens with one attached hydrogen (secondary N) is 1. The highest BCUT2D eigenvalue weighted by Crippen LogP contribution is 2.20. The lowest BCUT2D eigenvalue weighted by atomic mass is 10.2. The Labute approximate surface area is 129 Å². The van der Waals surface area contributed by atoms with Crippen LogP contribution in [-0.4, -0.2) is 50.3 Å². The van der Waals surface area contributed by atoms with Crippen molar-refractivity contribution in [3.63, 3.8) is 0 Å². The van der Waals surface area contributed by atoms with Crippen molar-refractivity contribution in [3.8, 4) is 0 Å². The number of rotatable bonds is 6. The molecule has 0 aromatic carbocycles. The molecule has 114 valence electrons. The van der Waals surface area contributed by atoms with Crippen molar-refractivity contribution in [1.82, 2.24) is 14.9 Å². The van der Waals surface area contributed by atoms with Gasteiger partial charge in [-0.1, -0.05) is 11.8 Å². The number of fused-ring (bicyclic) bond motifs is 1. The van der Waals surface area contributed by atoms with E-state index in [0.29, 0.717) is 23.9 Å². The van der Waals surface area contributed by atoms with E-state index in [9.17, 15) is 14.4 Å². The molecule has 2 N–H and O–H groups in total. The largest absolute Gasteiger partial charge is 0.480 e. The molecule has 7 nitrogen and oxygen atoms in total. The zero-order chi connectivity index (χ0) is 15.4. The molecule has 1 aromatic rings. The summed E-state index contributed by atoms with van der Waals surface area (Å²) < 4.78 is 1.44. The predicted octanol–water partition coefficient (Wildman–Crippen LogP) is 0.285. The van der Waals surface area contributed by atoms with Gasteiger partial charge < -0.3 is 10.4 Å². The Morgan fingerprint density at radius 1 is 1.62 bits per heavy atom. The van der Waals surface area contributed by atoms with E-state index >= 15 is 0 Å². The van der Waals surface area contributed by atoms with Gasteiger partial charge in [-0.2, -0.15) is 11.8 Å². The number of hydrogen-bond donors (Lipinski definition) is 2. The van der Waals surface area contributed by atoms with Crippen LogP contribution < -0.4 is 10.9 Å². The molecule has 1 amide bonds. The van der Waals surface area contributed by atoms with Gasteiger partial charge in [0.1, 0.15) is 11.6 Å². The summed E-state index contributed by atoms with van der Waals surface area (Å²) in [6.07, 6.45) is 3.38. The monoisotopic (exact) mass is 329 g/mol. The first-order chi connectivity index (χ1) is 10.0. The van der Waals surface area contributed by atoms with Crippen LogP contribution in [-0.2, 0) is 11.3 Å². The molecular weight excluding hydrogens is 314 g/mol. The maximum Gasteiger partial charge on any atom is 0.326 e. The van der Waals surface area contributed by atoms with E-state index < -0.39 is 23.5 Å². The van der Waals surface area contributed by atoms with E-state index in [1.807, 2.05) is 6.26 Å². The Morgan fingerprint density at radius 2 is 2.38 bits per heavy atom. The molecule has 2 heterocycles. The lowest BCUT2D eigenvalue weighted by molar-refractivity contribution is -0.139. The zero-order valence-electron chi connectivity index (χ0n) is 11.4. The van der Waals surface area contributed by atoms with Gasteiger partial charge in [0.05, 0.1) is 0 Å². The second kappa shape index (κ2) is 6.99. The minimum Gasteiger partial charge on any atom is -0.480 e. The van der Waals surface area contributed by atoms with E-state index in [1.165, 1.54) is 34.3 Å². The number of carboxylic acid groups (broad SMARTS) is 1. The molecule has 0 saturated heterocycles. The van der Waals surface area contributed by atoms with Crippen LogP contribution in [0.2, 0.25) is 0 Å². The molecule has 21 heavy (non-hydrogen) atoms. The number of thioether (sulfide) groups is 2. The first kappa shape index (κ1) is 15.9. The van der Waals surface area contributed by atoms with Gasteiger partial charge in [0, 0.05) is 18.5 Å². The van der Waals surface area contributed by atoms with Crippen molar-refractivity contribution in [2.45, 2.75) is 24.2 Å². The molecule has 1 aliphatic rings. The van der Waals surface area contributed by atoms with Crippen LogP contribution in [0.4, 0.5) is 0 Å². The standard InChI is InChI=1S/C12H15N3O4S2/c1-20-4-2-8(11(18)19)14-9(16)7-6-13-12-15(10(7)17)3-5-21-12/h6,8H,2-5H2,1H3,(H,14,16)(H,18,19). The minimum absolute atomic E-state index is 0.114. The molecular formula is C12H15N3O4S2. The lowest BCUT2D eigenvalue weighted by Gasteiger charge is -2.14. The number of amides is 1. The summed E-state index contributed by atoms with van der Waals surface area (Å²) in [4.78, 5) is 39.5. The summed E-state index contributed by atoms with van der Waals surface area (Å²) in [6, 6.07) is -1.00. The maximum atomic E-state index is 12.2. The van der Waals surface area contributed by atoms with Crippen molar-refractivity contribution >= 4 is 35.4 Å². The SMILES string of the molecule is CSCCC(NC(=O)c1cnc2n(c1=O)CCS2)C(=O)O. The van der Waals surface area contributed by atoms with Gasteiger partial charge in [0.25, 0.3) is 11.5 Å². The third-order valence-electron chi connectivity index (χ3n) is 3.02. The topological polar surface area (TPSA) is 101 Å². The molecule has 0 bridgehead atoms. The third kappa shape index (κ3) is 3.59. The minimum atomic E-state index is -1.11. The summed E-state index contributed by atoms with van der Waals surface area (Å²) in [5, 5.41) is 12.1. The molecule has 0 radical (unpaired) electrons. The third-order valence-corrected chi connectivity index (χ3v) is 4.63. The van der Waals surface area contributed by atoms with Gasteiger partial charge in [0.15, 0.2) is 5.16 Å². The van der Waals surface area contributed by atoms with Crippen molar-refractivity contribution in [2.75, 3.05) is 17.8 Å². The fourth-order valence-electron chi connectivity index (χ4n) is 1.90. The van der Waals surface area contributed by atoms with Gasteiger partial charge >= 0.3 is 5.97 Å². The van der Waals surface area contributed by atoms with E-state index in [-0.39, 0.29) is 5.56 Å². The van der Waals surface area contributed by atoms with Gasteiger partial charge in [0.2, 0.25) is 0 Å². The van der Waals surface area contributed by atoms with Crippen molar-refractivity contribution in [3.05, 3.63) is 22.1 Å². The maximum absolute atomic E-state index is 12.2. The molecule has 1 aliphatic heterocycles. The smallest absolute Gasteiger partial charge is 0.326 e. The summed E-state index contributed by atoms with van der Waals surface area (Å²) in [7, 11) is 0. The number of hydrogen-bond acceptors (Lipinski definition) is 6. The number of carboxylic acids is 1. The van der Waals surface area contributed by atoms with Crippen molar-refractivity contribution < 1.29 is 14.7 Å². The Morgan fingerprint density at radius 3 is 3.05 bits per heavy atom. The van der Waals surface area contributed by atoms with E-state index in [2.05, 4.69) is 10.3 Å². The van der Waals surface area contributed by atoms with Crippen LogP contribution in [0.5, 0.6) is 0 Å². The van der Waals surface area contributed by atoms with Gasteiger partial charge in [-0.05, 0) is 18.4 Å². The van der Waals surface area contributed by atoms with Crippen molar-refractivity contribution in [1.29, 1.82) is 0 Å². The van der Waals surface area contributed by atoms with E-state index in [0.717, 1.165) is 5.75 Å². The second-order valence-corrected chi connectivity index (χ2v) is 6.45. The molecule has 0 fully saturated rings. The summed E-state index contributed by atoms with van der Waals surface area (Å²) in [6.45, 7) is 0.516. The number of aliphatic carboxylic acids is 1. The molecule has 1 unspecified atom stereocenters. The molecule has 0 saturated carbocycles. The first-order valence-corrected chi connectivity index (χ1v) is 8.67. The average Bonchev–Trinajstić information content (AvgIpc) is 2.92. The summed E-state index contributed by atoms with van der Waals surface area (Å²) >= 11 is 2.95. The molecule has 1 atom stereocenters. The Bertz CT molecular complexity index is 617. The molecule has 9 heteroatoms. The first-order valence-electron chi connectivity index (χ1n) is 6.30. The number of carbonyl (C=O) groups excluding carboxylic acids is 1. The number of nitrogens with zero attached hydrogens (tertiary/aromatic N) is 2. The van der Waals surface area contributed by atoms with Gasteiger partial charge in [-0.3, -0.25) is 14.2 Å². The molecule has 2 rings (SSSR count). The van der Waals surface area contributed by atoms with Crippen LogP contribution >= 0.6 is 23.5 Å². The fourth-order valence-corrected chi connectivity index (χ4v) is 3.29. The predicted molar refractivity (Wildman–Crippen MR) is 81.1 cm³/mol. The van der Waals surface area contributed by atoms with Crippen LogP contribution in [0.3, 0.4) is 0 Å². The molecule has 1 aromatic heterocycles. The average molecular weight is 329 g/mol. The lowest BCUT2D eigenvalue weighted by Crippen LogP contribution is -2.43. The molecule has 0 spiro atoms. The summed E-state index contributed by atoms with van der Waals surface area (Å²) in [5.74, 6) is -0.441. The van der Waals surface area contributed by atoms with Crippen molar-refractivity contribution in [2.24, 2.45) is 0 Å².